The van der Waals surface area contributed by atoms with Gasteiger partial charge < -0.3 is 24.0 Å². The van der Waals surface area contributed by atoms with Gasteiger partial charge in [-0.1, -0.05) is 36.4 Å². The summed E-state index contributed by atoms with van der Waals surface area (Å²) in [6, 6.07) is 12.0. The van der Waals surface area contributed by atoms with Crippen LogP contribution in [-0.2, 0) is 0 Å². The molecule has 0 spiro atoms. The zero-order valence-corrected chi connectivity index (χ0v) is 9.12. The molecule has 0 saturated carbocycles. The van der Waals surface area contributed by atoms with Crippen LogP contribution in [0.2, 0.25) is 5.05 Å². The largest absolute Gasteiger partial charge is 1.00 e. The average Bonchev–Trinajstić information content (AvgIpc) is 1.96. The van der Waals surface area contributed by atoms with Crippen molar-refractivity contribution in [3.63, 3.8) is 0 Å². The molecule has 0 aliphatic carbocycles. The third-order valence-electron chi connectivity index (χ3n) is 0.667. The maximum Gasteiger partial charge on any atom is -0.0623 e. The molecule has 0 aliphatic heterocycles. The molecule has 2 heteroatoms. The summed E-state index contributed by atoms with van der Waals surface area (Å²) in [4.78, 5) is 0. The van der Waals surface area contributed by atoms with Crippen molar-refractivity contribution >= 4 is 21.7 Å². The van der Waals surface area contributed by atoms with Gasteiger partial charge in [-0.2, -0.15) is 0 Å². The van der Waals surface area contributed by atoms with E-state index in [0.29, 0.717) is 0 Å². The van der Waals surface area contributed by atoms with Gasteiger partial charge in [-0.05, 0) is 0 Å². The van der Waals surface area contributed by atoms with E-state index in [0.717, 1.165) is 0 Å². The quantitative estimate of drug-likeness (QED) is 0.401. The SMILES string of the molecule is [CH3][Mg+].[I-].c1ccccc1. The summed E-state index contributed by atoms with van der Waals surface area (Å²) in [5.41, 5.74) is 0. The van der Waals surface area contributed by atoms with Crippen molar-refractivity contribution in [1.29, 1.82) is 0 Å². The first-order valence-electron chi connectivity index (χ1n) is 2.71. The maximum atomic E-state index is 2.03. The normalized spacial score (nSPS) is 6.11. The molecular formula is C7H9IMg. The molecule has 1 aromatic carbocycles. The van der Waals surface area contributed by atoms with Crippen molar-refractivity contribution < 1.29 is 24.0 Å². The van der Waals surface area contributed by atoms with Crippen molar-refractivity contribution in [2.75, 3.05) is 0 Å². The summed E-state index contributed by atoms with van der Waals surface area (Å²) in [7, 11) is 0. The molecule has 1 aromatic rings. The van der Waals surface area contributed by atoms with Gasteiger partial charge in [0.25, 0.3) is 0 Å². The topological polar surface area (TPSA) is 0 Å². The number of hydrogen-bond donors (Lipinski definition) is 0. The molecule has 0 unspecified atom stereocenters. The van der Waals surface area contributed by atoms with Gasteiger partial charge >= 0.3 is 26.8 Å². The minimum Gasteiger partial charge on any atom is -1.00 e. The Hall–Kier alpha value is 0.716. The van der Waals surface area contributed by atoms with Gasteiger partial charge in [0, 0.05) is 0 Å². The summed E-state index contributed by atoms with van der Waals surface area (Å²) in [5.74, 6) is 0. The second-order valence-corrected chi connectivity index (χ2v) is 1.15. The zero-order chi connectivity index (χ0) is 6.24. The van der Waals surface area contributed by atoms with Crippen LogP contribution < -0.4 is 24.0 Å². The fourth-order valence-electron chi connectivity index (χ4n) is 0.385. The number of halogens is 1. The molecule has 0 aliphatic rings. The monoisotopic (exact) mass is 244 g/mol. The van der Waals surface area contributed by atoms with E-state index < -0.39 is 0 Å². The molecule has 0 heterocycles. The van der Waals surface area contributed by atoms with Crippen LogP contribution in [0.3, 0.4) is 0 Å². The van der Waals surface area contributed by atoms with E-state index in [9.17, 15) is 0 Å². The van der Waals surface area contributed by atoms with E-state index in [2.05, 4.69) is 0 Å². The Kier molecular flexibility index (Phi) is 15.8. The molecule has 0 nitrogen and oxygen atoms in total. The Bertz CT molecular complexity index is 80.8. The summed E-state index contributed by atoms with van der Waals surface area (Å²) >= 11 is 1.86. The molecule has 0 radical (unpaired) electrons. The van der Waals surface area contributed by atoms with Crippen molar-refractivity contribution in [3.05, 3.63) is 36.4 Å². The van der Waals surface area contributed by atoms with Crippen molar-refractivity contribution in [1.82, 2.24) is 0 Å². The van der Waals surface area contributed by atoms with E-state index in [1.807, 2.05) is 63.2 Å². The van der Waals surface area contributed by atoms with Crippen molar-refractivity contribution in [3.8, 4) is 0 Å². The molecule has 0 atom stereocenters. The van der Waals surface area contributed by atoms with Crippen LogP contribution >= 0.6 is 0 Å². The Morgan fingerprint density at radius 3 is 0.889 bits per heavy atom. The summed E-state index contributed by atoms with van der Waals surface area (Å²) < 4.78 is 0. The van der Waals surface area contributed by atoms with Gasteiger partial charge in [0.15, 0.2) is 0 Å². The Morgan fingerprint density at radius 2 is 0.778 bits per heavy atom. The van der Waals surface area contributed by atoms with Gasteiger partial charge in [0.1, 0.15) is 0 Å². The third-order valence-corrected chi connectivity index (χ3v) is 0.667. The van der Waals surface area contributed by atoms with Crippen LogP contribution in [0.15, 0.2) is 36.4 Å². The first-order chi connectivity index (χ1) is 4.00. The van der Waals surface area contributed by atoms with Crippen molar-refractivity contribution in [2.45, 2.75) is 5.05 Å². The number of benzene rings is 1. The van der Waals surface area contributed by atoms with E-state index in [1.54, 1.807) is 0 Å². The molecule has 46 valence electrons. The molecule has 1 rings (SSSR count). The maximum absolute atomic E-state index is 2.03. The number of hydrogen-bond acceptors (Lipinski definition) is 0. The Labute approximate surface area is 86.5 Å². The summed E-state index contributed by atoms with van der Waals surface area (Å²) in [6.07, 6.45) is 0. The third kappa shape index (κ3) is 8.72. The van der Waals surface area contributed by atoms with Gasteiger partial charge in [0.2, 0.25) is 0 Å². The van der Waals surface area contributed by atoms with E-state index in [1.165, 1.54) is 0 Å². The Morgan fingerprint density at radius 1 is 0.667 bits per heavy atom. The molecule has 0 amide bonds. The summed E-state index contributed by atoms with van der Waals surface area (Å²) in [6.45, 7) is 0. The van der Waals surface area contributed by atoms with Gasteiger partial charge in [-0.15, -0.1) is 0 Å². The van der Waals surface area contributed by atoms with Crippen LogP contribution in [0.4, 0.5) is 0 Å². The van der Waals surface area contributed by atoms with E-state index in [4.69, 9.17) is 0 Å². The molecule has 9 heavy (non-hydrogen) atoms. The molecular weight excluding hydrogens is 235 g/mol. The average molecular weight is 244 g/mol. The standard InChI is InChI=1S/C6H6.CH3.HI.Mg/c1-2-4-6-5-3-1;;;/h1-6H;1H3;1H;/q;;;+1/p-1. The minimum absolute atomic E-state index is 0. The Balaban J connectivity index is 0. The van der Waals surface area contributed by atoms with Crippen molar-refractivity contribution in [2.24, 2.45) is 0 Å². The molecule has 0 fully saturated rings. The molecule has 0 N–H and O–H groups in total. The smallest absolute Gasteiger partial charge is 0.0623 e. The van der Waals surface area contributed by atoms with Crippen LogP contribution in [0, 0.1) is 0 Å². The fraction of sp³-hybridized carbons (Fsp3) is 0.143. The first-order valence-corrected chi connectivity index (χ1v) is 4.12. The summed E-state index contributed by atoms with van der Waals surface area (Å²) in [5, 5.41) is 2.03. The zero-order valence-electron chi connectivity index (χ0n) is 5.55. The molecule has 0 bridgehead atoms. The molecule has 0 aromatic heterocycles. The van der Waals surface area contributed by atoms with Crippen LogP contribution in [0.5, 0.6) is 0 Å². The second kappa shape index (κ2) is 11.5. The van der Waals surface area contributed by atoms with Crippen LogP contribution in [0.25, 0.3) is 0 Å². The van der Waals surface area contributed by atoms with Gasteiger partial charge in [-0.25, -0.2) is 0 Å². The van der Waals surface area contributed by atoms with Crippen LogP contribution in [-0.4, -0.2) is 21.7 Å². The van der Waals surface area contributed by atoms with Gasteiger partial charge in [0.05, 0.1) is 0 Å². The van der Waals surface area contributed by atoms with Gasteiger partial charge in [-0.3, -0.25) is 0 Å². The van der Waals surface area contributed by atoms with Crippen LogP contribution in [0.1, 0.15) is 0 Å². The predicted molar refractivity (Wildman–Crippen MR) is 38.1 cm³/mol. The number of rotatable bonds is 0. The second-order valence-electron chi connectivity index (χ2n) is 1.15. The first kappa shape index (κ1) is 12.4. The predicted octanol–water partition coefficient (Wildman–Crippen LogP) is -1.11. The fourth-order valence-corrected chi connectivity index (χ4v) is 0.385. The molecule has 0 saturated heterocycles. The minimum atomic E-state index is 0. The van der Waals surface area contributed by atoms with E-state index >= 15 is 0 Å². The van der Waals surface area contributed by atoms with E-state index in [-0.39, 0.29) is 24.0 Å².